The Morgan fingerprint density at radius 2 is 1.91 bits per heavy atom. The van der Waals surface area contributed by atoms with E-state index in [9.17, 15) is 4.79 Å². The van der Waals surface area contributed by atoms with E-state index in [1.54, 1.807) is 31.5 Å². The number of halogens is 1. The van der Waals surface area contributed by atoms with Crippen LogP contribution < -0.4 is 15.0 Å². The summed E-state index contributed by atoms with van der Waals surface area (Å²) in [7, 11) is 1.60. The van der Waals surface area contributed by atoms with Crippen molar-refractivity contribution in [1.29, 1.82) is 0 Å². The van der Waals surface area contributed by atoms with Crippen LogP contribution in [0.15, 0.2) is 85.5 Å². The number of ether oxygens (including phenoxy) is 2. The highest BCUT2D eigenvalue weighted by atomic mass is 79.9. The first-order chi connectivity index (χ1) is 16.6. The molecule has 0 bridgehead atoms. The van der Waals surface area contributed by atoms with Crippen LogP contribution in [-0.4, -0.2) is 29.6 Å². The van der Waals surface area contributed by atoms with E-state index in [1.807, 2.05) is 55.5 Å². The molecule has 0 unspecified atom stereocenters. The topological polar surface area (TPSA) is 78.8 Å². The van der Waals surface area contributed by atoms with Gasteiger partial charge in [-0.15, -0.1) is 0 Å². The number of methoxy groups -OCH3 is 1. The number of fused-ring (bicyclic) bond motifs is 2. The number of hydrogen-bond donors (Lipinski definition) is 0. The molecule has 0 aliphatic carbocycles. The van der Waals surface area contributed by atoms with Gasteiger partial charge in [-0.2, -0.15) is 9.78 Å². The minimum atomic E-state index is -0.297. The minimum Gasteiger partial charge on any atom is -0.496 e. The third kappa shape index (κ3) is 3.97. The predicted octanol–water partition coefficient (Wildman–Crippen LogP) is 5.86. The summed E-state index contributed by atoms with van der Waals surface area (Å²) in [6, 6.07) is 20.1. The second-order valence-corrected chi connectivity index (χ2v) is 8.27. The standard InChI is InChI=1S/C26H20BrN3O4/c1-3-33-23-12-11-16(13-19(23)27)15-28-30-25(29-20-8-5-4-7-17(20)26(30)31)24-14-18-21(32-2)9-6-10-22(18)34-24/h4-15H,3H2,1-2H3. The lowest BCUT2D eigenvalue weighted by Gasteiger charge is -2.08. The van der Waals surface area contributed by atoms with Gasteiger partial charge < -0.3 is 13.9 Å². The van der Waals surface area contributed by atoms with Crippen LogP contribution in [-0.2, 0) is 0 Å². The first-order valence-corrected chi connectivity index (χ1v) is 11.4. The first-order valence-electron chi connectivity index (χ1n) is 10.6. The van der Waals surface area contributed by atoms with Crippen molar-refractivity contribution < 1.29 is 13.9 Å². The molecule has 0 atom stereocenters. The molecule has 0 aliphatic rings. The van der Waals surface area contributed by atoms with E-state index in [4.69, 9.17) is 18.9 Å². The fraction of sp³-hybridized carbons (Fsp3) is 0.115. The molecule has 0 saturated carbocycles. The molecule has 7 nitrogen and oxygen atoms in total. The van der Waals surface area contributed by atoms with E-state index in [2.05, 4.69) is 21.0 Å². The Morgan fingerprint density at radius 1 is 1.06 bits per heavy atom. The molecule has 0 N–H and O–H groups in total. The van der Waals surface area contributed by atoms with E-state index >= 15 is 0 Å². The van der Waals surface area contributed by atoms with Gasteiger partial charge in [-0.3, -0.25) is 4.79 Å². The van der Waals surface area contributed by atoms with E-state index in [0.717, 1.165) is 21.2 Å². The van der Waals surface area contributed by atoms with Crippen molar-refractivity contribution in [3.63, 3.8) is 0 Å². The molecule has 3 aromatic carbocycles. The number of hydrogen-bond acceptors (Lipinski definition) is 6. The molecule has 0 radical (unpaired) electrons. The van der Waals surface area contributed by atoms with Crippen molar-refractivity contribution in [2.75, 3.05) is 13.7 Å². The number of rotatable bonds is 6. The van der Waals surface area contributed by atoms with Gasteiger partial charge in [0, 0.05) is 0 Å². The molecule has 0 aliphatic heterocycles. The van der Waals surface area contributed by atoms with Gasteiger partial charge in [-0.05, 0) is 76.9 Å². The molecule has 0 saturated heterocycles. The zero-order valence-electron chi connectivity index (χ0n) is 18.5. The Hall–Kier alpha value is -3.91. The fourth-order valence-corrected chi connectivity index (χ4v) is 4.22. The summed E-state index contributed by atoms with van der Waals surface area (Å²) in [5.74, 6) is 2.11. The van der Waals surface area contributed by atoms with Gasteiger partial charge in [-0.1, -0.05) is 18.2 Å². The second-order valence-electron chi connectivity index (χ2n) is 7.42. The Balaban J connectivity index is 1.68. The van der Waals surface area contributed by atoms with Gasteiger partial charge in [0.25, 0.3) is 5.56 Å². The molecule has 2 aromatic heterocycles. The zero-order valence-corrected chi connectivity index (χ0v) is 20.1. The lowest BCUT2D eigenvalue weighted by molar-refractivity contribution is 0.338. The highest BCUT2D eigenvalue weighted by molar-refractivity contribution is 9.10. The molecule has 8 heteroatoms. The monoisotopic (exact) mass is 517 g/mol. The third-order valence-corrected chi connectivity index (χ3v) is 5.91. The average molecular weight is 518 g/mol. The van der Waals surface area contributed by atoms with E-state index < -0.39 is 0 Å². The van der Waals surface area contributed by atoms with Crippen molar-refractivity contribution in [3.8, 4) is 23.1 Å². The molecule has 5 rings (SSSR count). The van der Waals surface area contributed by atoms with Gasteiger partial charge in [0.2, 0.25) is 5.82 Å². The maximum atomic E-state index is 13.4. The van der Waals surface area contributed by atoms with E-state index in [1.165, 1.54) is 4.68 Å². The highest BCUT2D eigenvalue weighted by Gasteiger charge is 2.17. The van der Waals surface area contributed by atoms with E-state index in [0.29, 0.717) is 40.4 Å². The smallest absolute Gasteiger partial charge is 0.282 e. The molecule has 2 heterocycles. The summed E-state index contributed by atoms with van der Waals surface area (Å²) in [4.78, 5) is 18.1. The summed E-state index contributed by atoms with van der Waals surface area (Å²) in [5.41, 5.74) is 1.68. The second kappa shape index (κ2) is 9.15. The normalized spacial score (nSPS) is 11.5. The highest BCUT2D eigenvalue weighted by Crippen LogP contribution is 2.33. The van der Waals surface area contributed by atoms with Crippen LogP contribution in [0.1, 0.15) is 12.5 Å². The molecule has 0 amide bonds. The predicted molar refractivity (Wildman–Crippen MR) is 136 cm³/mol. The maximum Gasteiger partial charge on any atom is 0.282 e. The van der Waals surface area contributed by atoms with Crippen molar-refractivity contribution in [1.82, 2.24) is 9.66 Å². The Kier molecular flexibility index (Phi) is 5.90. The molecule has 170 valence electrons. The van der Waals surface area contributed by atoms with E-state index in [-0.39, 0.29) is 5.56 Å². The quantitative estimate of drug-likeness (QED) is 0.263. The Bertz CT molecular complexity index is 1600. The third-order valence-electron chi connectivity index (χ3n) is 5.29. The van der Waals surface area contributed by atoms with Crippen LogP contribution in [0, 0.1) is 0 Å². The van der Waals surface area contributed by atoms with Crippen LogP contribution >= 0.6 is 15.9 Å². The largest absolute Gasteiger partial charge is 0.496 e. The minimum absolute atomic E-state index is 0.295. The summed E-state index contributed by atoms with van der Waals surface area (Å²) in [6.07, 6.45) is 1.60. The first kappa shape index (κ1) is 21.9. The molecule has 34 heavy (non-hydrogen) atoms. The van der Waals surface area contributed by atoms with Crippen molar-refractivity contribution in [2.24, 2.45) is 5.10 Å². The van der Waals surface area contributed by atoms with Crippen LogP contribution in [0.25, 0.3) is 33.5 Å². The van der Waals surface area contributed by atoms with Gasteiger partial charge in [0.1, 0.15) is 17.1 Å². The fourth-order valence-electron chi connectivity index (χ4n) is 3.71. The molecule has 5 aromatic rings. The van der Waals surface area contributed by atoms with Crippen LogP contribution in [0.4, 0.5) is 0 Å². The molecule has 0 spiro atoms. The lowest BCUT2D eigenvalue weighted by Crippen LogP contribution is -2.20. The molecular weight excluding hydrogens is 498 g/mol. The average Bonchev–Trinajstić information content (AvgIpc) is 3.29. The van der Waals surface area contributed by atoms with Crippen LogP contribution in [0.3, 0.4) is 0 Å². The number of para-hydroxylation sites is 1. The molecular formula is C26H20BrN3O4. The number of nitrogens with zero attached hydrogens (tertiary/aromatic N) is 3. The van der Waals surface area contributed by atoms with Gasteiger partial charge in [0.15, 0.2) is 5.76 Å². The van der Waals surface area contributed by atoms with Gasteiger partial charge in [-0.25, -0.2) is 4.98 Å². The number of aromatic nitrogens is 2. The summed E-state index contributed by atoms with van der Waals surface area (Å²) < 4.78 is 19.1. The number of benzene rings is 3. The maximum absolute atomic E-state index is 13.4. The van der Waals surface area contributed by atoms with Crippen LogP contribution in [0.2, 0.25) is 0 Å². The Labute approximate surface area is 203 Å². The lowest BCUT2D eigenvalue weighted by atomic mass is 10.2. The van der Waals surface area contributed by atoms with Gasteiger partial charge in [0.05, 0.1) is 40.7 Å². The van der Waals surface area contributed by atoms with Gasteiger partial charge >= 0.3 is 0 Å². The Morgan fingerprint density at radius 3 is 2.71 bits per heavy atom. The van der Waals surface area contributed by atoms with Crippen molar-refractivity contribution in [2.45, 2.75) is 6.92 Å². The zero-order chi connectivity index (χ0) is 23.7. The molecule has 0 fully saturated rings. The number of furan rings is 1. The van der Waals surface area contributed by atoms with Crippen LogP contribution in [0.5, 0.6) is 11.5 Å². The summed E-state index contributed by atoms with van der Waals surface area (Å²) in [5, 5.41) is 5.74. The van der Waals surface area contributed by atoms with Crippen molar-refractivity contribution in [3.05, 3.63) is 87.1 Å². The SMILES string of the molecule is CCOc1ccc(C=Nn2c(-c3cc4c(OC)cccc4o3)nc3ccccc3c2=O)cc1Br. The van der Waals surface area contributed by atoms with Crippen molar-refractivity contribution >= 4 is 44.0 Å². The summed E-state index contributed by atoms with van der Waals surface area (Å²) >= 11 is 3.51. The summed E-state index contributed by atoms with van der Waals surface area (Å²) in [6.45, 7) is 2.49.